The number of hydrogen-bond donors (Lipinski definition) is 1. The predicted molar refractivity (Wildman–Crippen MR) is 67.4 cm³/mol. The van der Waals surface area contributed by atoms with E-state index in [9.17, 15) is 4.79 Å². The zero-order valence-electron chi connectivity index (χ0n) is 10.6. The van der Waals surface area contributed by atoms with Crippen molar-refractivity contribution < 1.29 is 9.90 Å². The smallest absolute Gasteiger partial charge is 0.339 e. The van der Waals surface area contributed by atoms with Crippen LogP contribution in [0.1, 0.15) is 47.1 Å². The second kappa shape index (κ2) is 4.46. The van der Waals surface area contributed by atoms with Gasteiger partial charge in [0.1, 0.15) is 11.4 Å². The minimum absolute atomic E-state index is 0.198. The highest BCUT2D eigenvalue weighted by molar-refractivity contribution is 5.88. The van der Waals surface area contributed by atoms with Crippen LogP contribution in [0, 0.1) is 6.92 Å². The van der Waals surface area contributed by atoms with E-state index in [2.05, 4.69) is 15.1 Å². The van der Waals surface area contributed by atoms with Gasteiger partial charge in [0.05, 0.1) is 5.69 Å². The zero-order valence-corrected chi connectivity index (χ0v) is 10.6. The highest BCUT2D eigenvalue weighted by Gasteiger charge is 2.22. The van der Waals surface area contributed by atoms with Crippen molar-refractivity contribution in [1.82, 2.24) is 19.7 Å². The molecule has 6 heteroatoms. The fourth-order valence-electron chi connectivity index (χ4n) is 2.14. The Balaban J connectivity index is 1.97. The molecule has 0 aliphatic heterocycles. The molecule has 6 nitrogen and oxygen atoms in total. The Hall–Kier alpha value is -2.24. The second-order valence-corrected chi connectivity index (χ2v) is 4.78. The van der Waals surface area contributed by atoms with Crippen LogP contribution >= 0.6 is 0 Å². The molecule has 0 saturated heterocycles. The van der Waals surface area contributed by atoms with E-state index in [0.29, 0.717) is 17.4 Å². The van der Waals surface area contributed by atoms with E-state index >= 15 is 0 Å². The summed E-state index contributed by atoms with van der Waals surface area (Å²) in [7, 11) is 0. The molecule has 0 radical (unpaired) electrons. The predicted octanol–water partition coefficient (Wildman–Crippen LogP) is 1.94. The molecule has 3 rings (SSSR count). The molecule has 0 atom stereocenters. The van der Waals surface area contributed by atoms with E-state index < -0.39 is 5.97 Å². The van der Waals surface area contributed by atoms with Crippen molar-refractivity contribution in [1.29, 1.82) is 0 Å². The van der Waals surface area contributed by atoms with Crippen LogP contribution in [0.15, 0.2) is 18.5 Å². The van der Waals surface area contributed by atoms with E-state index in [0.717, 1.165) is 18.7 Å². The maximum Gasteiger partial charge on any atom is 0.339 e. The molecule has 1 aliphatic rings. The summed E-state index contributed by atoms with van der Waals surface area (Å²) in [5.41, 5.74) is 0.681. The SMILES string of the molecule is Cc1nn(-c2ccnc(C3CCC3)n2)cc1C(=O)O. The minimum Gasteiger partial charge on any atom is -0.478 e. The molecule has 1 saturated carbocycles. The normalized spacial score (nSPS) is 15.2. The van der Waals surface area contributed by atoms with Crippen molar-refractivity contribution in [3.05, 3.63) is 35.5 Å². The Bertz CT molecular complexity index is 631. The van der Waals surface area contributed by atoms with Gasteiger partial charge in [-0.25, -0.2) is 19.4 Å². The number of carboxylic acid groups (broad SMARTS) is 1. The van der Waals surface area contributed by atoms with Crippen molar-refractivity contribution in [2.45, 2.75) is 32.1 Å². The first-order valence-electron chi connectivity index (χ1n) is 6.28. The van der Waals surface area contributed by atoms with Gasteiger partial charge in [0.15, 0.2) is 5.82 Å². The van der Waals surface area contributed by atoms with Crippen LogP contribution < -0.4 is 0 Å². The summed E-state index contributed by atoms with van der Waals surface area (Å²) in [6.07, 6.45) is 6.67. The van der Waals surface area contributed by atoms with Gasteiger partial charge in [0.2, 0.25) is 0 Å². The van der Waals surface area contributed by atoms with Gasteiger partial charge >= 0.3 is 5.97 Å². The van der Waals surface area contributed by atoms with E-state index in [1.165, 1.54) is 17.3 Å². The Morgan fingerprint density at radius 3 is 2.84 bits per heavy atom. The van der Waals surface area contributed by atoms with Gasteiger partial charge in [0, 0.05) is 24.4 Å². The number of rotatable bonds is 3. The van der Waals surface area contributed by atoms with Crippen molar-refractivity contribution in [3.63, 3.8) is 0 Å². The molecule has 19 heavy (non-hydrogen) atoms. The first kappa shape index (κ1) is 11.8. The number of aryl methyl sites for hydroxylation is 1. The molecule has 0 aromatic carbocycles. The standard InChI is InChI=1S/C13H14N4O2/c1-8-10(13(18)19)7-17(16-8)11-5-6-14-12(15-11)9-3-2-4-9/h5-7,9H,2-4H2,1H3,(H,18,19). The highest BCUT2D eigenvalue weighted by atomic mass is 16.4. The molecular weight excluding hydrogens is 244 g/mol. The Labute approximate surface area is 110 Å². The van der Waals surface area contributed by atoms with Gasteiger partial charge in [-0.1, -0.05) is 6.42 Å². The third-order valence-electron chi connectivity index (χ3n) is 3.49. The first-order chi connectivity index (χ1) is 9.15. The van der Waals surface area contributed by atoms with Crippen LogP contribution in [0.2, 0.25) is 0 Å². The number of aromatic nitrogens is 4. The Kier molecular flexibility index (Phi) is 2.77. The van der Waals surface area contributed by atoms with Crippen LogP contribution in [0.25, 0.3) is 5.82 Å². The van der Waals surface area contributed by atoms with Crippen molar-refractivity contribution in [2.24, 2.45) is 0 Å². The topological polar surface area (TPSA) is 80.9 Å². The monoisotopic (exact) mass is 258 g/mol. The second-order valence-electron chi connectivity index (χ2n) is 4.78. The van der Waals surface area contributed by atoms with Gasteiger partial charge in [-0.3, -0.25) is 0 Å². The van der Waals surface area contributed by atoms with E-state index in [-0.39, 0.29) is 5.56 Å². The summed E-state index contributed by atoms with van der Waals surface area (Å²) in [6, 6.07) is 1.74. The average Bonchev–Trinajstić information content (AvgIpc) is 2.70. The average molecular weight is 258 g/mol. The maximum absolute atomic E-state index is 11.0. The zero-order chi connectivity index (χ0) is 13.4. The third kappa shape index (κ3) is 2.09. The summed E-state index contributed by atoms with van der Waals surface area (Å²) in [4.78, 5) is 19.8. The Morgan fingerprint density at radius 1 is 1.47 bits per heavy atom. The van der Waals surface area contributed by atoms with E-state index in [1.54, 1.807) is 19.2 Å². The number of aromatic carboxylic acids is 1. The largest absolute Gasteiger partial charge is 0.478 e. The van der Waals surface area contributed by atoms with Gasteiger partial charge in [-0.2, -0.15) is 5.10 Å². The molecule has 0 amide bonds. The molecule has 0 bridgehead atoms. The lowest BCUT2D eigenvalue weighted by Gasteiger charge is -2.23. The van der Waals surface area contributed by atoms with Crippen LogP contribution in [0.5, 0.6) is 0 Å². The summed E-state index contributed by atoms with van der Waals surface area (Å²) in [5, 5.41) is 13.2. The van der Waals surface area contributed by atoms with Crippen LogP contribution in [-0.2, 0) is 0 Å². The summed E-state index contributed by atoms with van der Waals surface area (Å²) < 4.78 is 1.50. The molecule has 98 valence electrons. The number of hydrogen-bond acceptors (Lipinski definition) is 4. The maximum atomic E-state index is 11.0. The lowest BCUT2D eigenvalue weighted by Crippen LogP contribution is -2.14. The number of carboxylic acids is 1. The van der Waals surface area contributed by atoms with Gasteiger partial charge < -0.3 is 5.11 Å². The molecular formula is C13H14N4O2. The summed E-state index contributed by atoms with van der Waals surface area (Å²) >= 11 is 0. The third-order valence-corrected chi connectivity index (χ3v) is 3.49. The van der Waals surface area contributed by atoms with Crippen LogP contribution in [0.4, 0.5) is 0 Å². The molecule has 0 unspecified atom stereocenters. The lowest BCUT2D eigenvalue weighted by atomic mass is 9.85. The fourth-order valence-corrected chi connectivity index (χ4v) is 2.14. The lowest BCUT2D eigenvalue weighted by molar-refractivity contribution is 0.0696. The van der Waals surface area contributed by atoms with Gasteiger partial charge in [-0.05, 0) is 19.8 Å². The van der Waals surface area contributed by atoms with Crippen molar-refractivity contribution >= 4 is 5.97 Å². The van der Waals surface area contributed by atoms with Crippen molar-refractivity contribution in [2.75, 3.05) is 0 Å². The van der Waals surface area contributed by atoms with Crippen LogP contribution in [-0.4, -0.2) is 30.8 Å². The molecule has 2 heterocycles. The highest BCUT2D eigenvalue weighted by Crippen LogP contribution is 2.34. The van der Waals surface area contributed by atoms with Gasteiger partial charge in [0.25, 0.3) is 0 Å². The van der Waals surface area contributed by atoms with E-state index in [1.807, 2.05) is 0 Å². The Morgan fingerprint density at radius 2 is 2.26 bits per heavy atom. The molecule has 2 aromatic rings. The first-order valence-corrected chi connectivity index (χ1v) is 6.28. The quantitative estimate of drug-likeness (QED) is 0.909. The molecule has 0 spiro atoms. The summed E-state index contributed by atoms with van der Waals surface area (Å²) in [6.45, 7) is 1.67. The number of nitrogens with zero attached hydrogens (tertiary/aromatic N) is 4. The van der Waals surface area contributed by atoms with Gasteiger partial charge in [-0.15, -0.1) is 0 Å². The number of carbonyl (C=O) groups is 1. The minimum atomic E-state index is -0.975. The van der Waals surface area contributed by atoms with E-state index in [4.69, 9.17) is 5.11 Å². The molecule has 2 aromatic heterocycles. The molecule has 1 fully saturated rings. The van der Waals surface area contributed by atoms with Crippen LogP contribution in [0.3, 0.4) is 0 Å². The molecule has 1 N–H and O–H groups in total. The van der Waals surface area contributed by atoms with Crippen molar-refractivity contribution in [3.8, 4) is 5.82 Å². The summed E-state index contributed by atoms with van der Waals surface area (Å²) in [5.74, 6) is 0.911. The molecule has 1 aliphatic carbocycles. The fraction of sp³-hybridized carbons (Fsp3) is 0.385.